The number of halogens is 1. The molecule has 0 N–H and O–H groups in total. The van der Waals surface area contributed by atoms with Crippen LogP contribution < -0.4 is 0 Å². The zero-order chi connectivity index (χ0) is 10.6. The molecule has 0 saturated heterocycles. The molecule has 1 amide bonds. The number of ether oxygens (including phenoxy) is 1. The van der Waals surface area contributed by atoms with Crippen molar-refractivity contribution in [3.05, 3.63) is 21.3 Å². The fraction of sp³-hybridized carbons (Fsp3) is 0.444. The smallest absolute Gasteiger partial charge is 0.409 e. The molecule has 0 bridgehead atoms. The summed E-state index contributed by atoms with van der Waals surface area (Å²) in [5.41, 5.74) is 0. The van der Waals surface area contributed by atoms with E-state index in [0.29, 0.717) is 6.54 Å². The predicted octanol–water partition coefficient (Wildman–Crippen LogP) is 2.64. The van der Waals surface area contributed by atoms with Crippen molar-refractivity contribution in [2.45, 2.75) is 6.42 Å². The molecule has 0 aliphatic carbocycles. The minimum absolute atomic E-state index is 0.312. The maximum atomic E-state index is 11.0. The zero-order valence-electron chi connectivity index (χ0n) is 8.12. The highest BCUT2D eigenvalue weighted by Gasteiger charge is 2.08. The molecule has 0 atom stereocenters. The molecule has 1 aromatic rings. The van der Waals surface area contributed by atoms with Crippen molar-refractivity contribution >= 4 is 29.0 Å². The van der Waals surface area contributed by atoms with E-state index in [1.807, 2.05) is 12.1 Å². The second kappa shape index (κ2) is 5.22. The number of thiophene rings is 1. The molecule has 0 unspecified atom stereocenters. The number of carbonyl (C=O) groups is 1. The van der Waals surface area contributed by atoms with E-state index in [2.05, 4.69) is 4.74 Å². The van der Waals surface area contributed by atoms with Gasteiger partial charge in [-0.2, -0.15) is 0 Å². The normalized spacial score (nSPS) is 9.93. The summed E-state index contributed by atoms with van der Waals surface area (Å²) in [4.78, 5) is 13.7. The summed E-state index contributed by atoms with van der Waals surface area (Å²) >= 11 is 7.31. The summed E-state index contributed by atoms with van der Waals surface area (Å²) in [6.07, 6.45) is 0.496. The van der Waals surface area contributed by atoms with Gasteiger partial charge in [0.1, 0.15) is 0 Å². The summed E-state index contributed by atoms with van der Waals surface area (Å²) in [6, 6.07) is 3.83. The maximum absolute atomic E-state index is 11.0. The van der Waals surface area contributed by atoms with Crippen molar-refractivity contribution in [2.75, 3.05) is 20.7 Å². The van der Waals surface area contributed by atoms with E-state index in [-0.39, 0.29) is 6.09 Å². The Kier molecular flexibility index (Phi) is 4.22. The van der Waals surface area contributed by atoms with Gasteiger partial charge in [0.2, 0.25) is 0 Å². The van der Waals surface area contributed by atoms with Crippen LogP contribution in [0, 0.1) is 0 Å². The molecule has 0 saturated carbocycles. The van der Waals surface area contributed by atoms with Crippen LogP contribution in [-0.4, -0.2) is 31.7 Å². The lowest BCUT2D eigenvalue weighted by Gasteiger charge is -2.14. The van der Waals surface area contributed by atoms with E-state index in [0.717, 1.165) is 10.8 Å². The van der Waals surface area contributed by atoms with Crippen LogP contribution in [0.2, 0.25) is 4.34 Å². The largest absolute Gasteiger partial charge is 0.453 e. The summed E-state index contributed by atoms with van der Waals surface area (Å²) in [5, 5.41) is 0. The number of carbonyl (C=O) groups excluding carboxylic acids is 1. The molecule has 78 valence electrons. The first-order valence-electron chi connectivity index (χ1n) is 4.17. The first-order valence-corrected chi connectivity index (χ1v) is 5.36. The molecule has 0 aliphatic heterocycles. The number of nitrogens with zero attached hydrogens (tertiary/aromatic N) is 1. The summed E-state index contributed by atoms with van der Waals surface area (Å²) in [5.74, 6) is 0. The van der Waals surface area contributed by atoms with Crippen LogP contribution in [0.1, 0.15) is 4.88 Å². The van der Waals surface area contributed by atoms with Crippen LogP contribution in [0.25, 0.3) is 0 Å². The summed E-state index contributed by atoms with van der Waals surface area (Å²) < 4.78 is 5.35. The first-order chi connectivity index (χ1) is 6.63. The van der Waals surface area contributed by atoms with Crippen LogP contribution >= 0.6 is 22.9 Å². The Hall–Kier alpha value is -0.740. The first kappa shape index (κ1) is 11.3. The van der Waals surface area contributed by atoms with Gasteiger partial charge in [0.25, 0.3) is 0 Å². The molecule has 0 spiro atoms. The van der Waals surface area contributed by atoms with E-state index >= 15 is 0 Å². The monoisotopic (exact) mass is 233 g/mol. The lowest BCUT2D eigenvalue weighted by molar-refractivity contribution is 0.134. The molecule has 1 aromatic heterocycles. The number of hydrogen-bond acceptors (Lipinski definition) is 3. The van der Waals surface area contributed by atoms with E-state index in [4.69, 9.17) is 11.6 Å². The van der Waals surface area contributed by atoms with Crippen molar-refractivity contribution in [1.82, 2.24) is 4.90 Å². The Morgan fingerprint density at radius 2 is 2.36 bits per heavy atom. The van der Waals surface area contributed by atoms with Crippen LogP contribution in [0.4, 0.5) is 4.79 Å². The van der Waals surface area contributed by atoms with Crippen LogP contribution in [-0.2, 0) is 11.2 Å². The van der Waals surface area contributed by atoms with Crippen LogP contribution in [0.5, 0.6) is 0 Å². The number of methoxy groups -OCH3 is 1. The van der Waals surface area contributed by atoms with E-state index < -0.39 is 0 Å². The van der Waals surface area contributed by atoms with Gasteiger partial charge in [-0.25, -0.2) is 4.79 Å². The highest BCUT2D eigenvalue weighted by Crippen LogP contribution is 2.21. The quantitative estimate of drug-likeness (QED) is 0.803. The number of amides is 1. The Balaban J connectivity index is 2.37. The molecular weight excluding hydrogens is 222 g/mol. The van der Waals surface area contributed by atoms with Gasteiger partial charge in [0.15, 0.2) is 0 Å². The highest BCUT2D eigenvalue weighted by molar-refractivity contribution is 7.16. The number of rotatable bonds is 3. The molecule has 0 aliphatic rings. The number of hydrogen-bond donors (Lipinski definition) is 0. The number of likely N-dealkylation sites (N-methyl/N-ethyl adjacent to an activating group) is 1. The molecule has 0 aromatic carbocycles. The third-order valence-electron chi connectivity index (χ3n) is 1.81. The second-order valence-corrected chi connectivity index (χ2v) is 4.65. The zero-order valence-corrected chi connectivity index (χ0v) is 9.69. The fourth-order valence-electron chi connectivity index (χ4n) is 1.01. The predicted molar refractivity (Wildman–Crippen MR) is 58.1 cm³/mol. The molecule has 1 heterocycles. The SMILES string of the molecule is COC(=O)N(C)CCc1ccc(Cl)s1. The Bertz CT molecular complexity index is 314. The lowest BCUT2D eigenvalue weighted by atomic mass is 10.3. The van der Waals surface area contributed by atoms with E-state index in [1.165, 1.54) is 28.2 Å². The molecular formula is C9H12ClNO2S. The van der Waals surface area contributed by atoms with Crippen molar-refractivity contribution in [3.8, 4) is 0 Å². The molecule has 14 heavy (non-hydrogen) atoms. The fourth-order valence-corrected chi connectivity index (χ4v) is 2.09. The second-order valence-electron chi connectivity index (χ2n) is 2.85. The molecule has 5 heteroatoms. The van der Waals surface area contributed by atoms with Gasteiger partial charge in [-0.3, -0.25) is 0 Å². The lowest BCUT2D eigenvalue weighted by Crippen LogP contribution is -2.28. The van der Waals surface area contributed by atoms with Crippen LogP contribution in [0.15, 0.2) is 12.1 Å². The minimum atomic E-state index is -0.312. The van der Waals surface area contributed by atoms with Crippen LogP contribution in [0.3, 0.4) is 0 Å². The molecule has 1 rings (SSSR count). The van der Waals surface area contributed by atoms with Crippen molar-refractivity contribution < 1.29 is 9.53 Å². The van der Waals surface area contributed by atoms with Crippen molar-refractivity contribution in [1.29, 1.82) is 0 Å². The third-order valence-corrected chi connectivity index (χ3v) is 3.10. The molecule has 3 nitrogen and oxygen atoms in total. The van der Waals surface area contributed by atoms with Crippen molar-refractivity contribution in [2.24, 2.45) is 0 Å². The van der Waals surface area contributed by atoms with Gasteiger partial charge in [0, 0.05) is 18.5 Å². The summed E-state index contributed by atoms with van der Waals surface area (Å²) in [6.45, 7) is 0.642. The minimum Gasteiger partial charge on any atom is -0.453 e. The maximum Gasteiger partial charge on any atom is 0.409 e. The van der Waals surface area contributed by atoms with Gasteiger partial charge in [0.05, 0.1) is 11.4 Å². The topological polar surface area (TPSA) is 29.5 Å². The van der Waals surface area contributed by atoms with Gasteiger partial charge in [-0.05, 0) is 18.6 Å². The Morgan fingerprint density at radius 1 is 1.64 bits per heavy atom. The summed E-state index contributed by atoms with van der Waals surface area (Å²) in [7, 11) is 3.09. The van der Waals surface area contributed by atoms with Gasteiger partial charge >= 0.3 is 6.09 Å². The molecule has 0 radical (unpaired) electrons. The van der Waals surface area contributed by atoms with Crippen molar-refractivity contribution in [3.63, 3.8) is 0 Å². The van der Waals surface area contributed by atoms with Gasteiger partial charge < -0.3 is 9.64 Å². The highest BCUT2D eigenvalue weighted by atomic mass is 35.5. The molecule has 0 fully saturated rings. The standard InChI is InChI=1S/C9H12ClNO2S/c1-11(9(12)13-2)6-5-7-3-4-8(10)14-7/h3-4H,5-6H2,1-2H3. The third kappa shape index (κ3) is 3.20. The van der Waals surface area contributed by atoms with E-state index in [1.54, 1.807) is 7.05 Å². The van der Waals surface area contributed by atoms with Gasteiger partial charge in [-0.1, -0.05) is 11.6 Å². The Morgan fingerprint density at radius 3 is 2.86 bits per heavy atom. The average molecular weight is 234 g/mol. The van der Waals surface area contributed by atoms with Gasteiger partial charge in [-0.15, -0.1) is 11.3 Å². The Labute approximate surface area is 92.2 Å². The average Bonchev–Trinajstić information content (AvgIpc) is 2.59. The van der Waals surface area contributed by atoms with E-state index in [9.17, 15) is 4.79 Å².